The van der Waals surface area contributed by atoms with Crippen molar-refractivity contribution >= 4 is 12.0 Å². The van der Waals surface area contributed by atoms with Crippen LogP contribution in [0, 0.1) is 0 Å². The van der Waals surface area contributed by atoms with E-state index in [-0.39, 0.29) is 6.54 Å². The summed E-state index contributed by atoms with van der Waals surface area (Å²) in [5, 5.41) is 2.18. The van der Waals surface area contributed by atoms with Gasteiger partial charge in [0.25, 0.3) is 0 Å². The summed E-state index contributed by atoms with van der Waals surface area (Å²) in [6.45, 7) is 2.45. The molecule has 5 nitrogen and oxygen atoms in total. The van der Waals surface area contributed by atoms with E-state index < -0.39 is 12.0 Å². The molecule has 16 heavy (non-hydrogen) atoms. The van der Waals surface area contributed by atoms with Crippen molar-refractivity contribution in [1.29, 1.82) is 0 Å². The minimum Gasteiger partial charge on any atom is -0.464 e. The van der Waals surface area contributed by atoms with Crippen molar-refractivity contribution in [2.75, 3.05) is 13.2 Å². The zero-order valence-corrected chi connectivity index (χ0v) is 9.96. The van der Waals surface area contributed by atoms with Crippen LogP contribution in [0.4, 0.5) is 4.79 Å². The Kier molecular flexibility index (Phi) is 9.46. The Labute approximate surface area is 96.7 Å². The number of amides is 2. The number of hydrogen-bond donors (Lipinski definition) is 2. The zero-order chi connectivity index (χ0) is 12.2. The van der Waals surface area contributed by atoms with E-state index in [1.165, 1.54) is 25.7 Å². The Balaban J connectivity index is 3.18. The number of nitrogens with one attached hydrogen (secondary N) is 1. The van der Waals surface area contributed by atoms with Gasteiger partial charge in [-0.3, -0.25) is 4.79 Å². The van der Waals surface area contributed by atoms with E-state index in [4.69, 9.17) is 10.5 Å². The molecule has 0 radical (unpaired) electrons. The molecule has 0 aromatic carbocycles. The van der Waals surface area contributed by atoms with Gasteiger partial charge in [-0.05, 0) is 6.42 Å². The summed E-state index contributed by atoms with van der Waals surface area (Å²) in [6, 6.07) is -0.712. The smallest absolute Gasteiger partial charge is 0.325 e. The van der Waals surface area contributed by atoms with Gasteiger partial charge in [-0.1, -0.05) is 39.0 Å². The minimum absolute atomic E-state index is 0.148. The fourth-order valence-electron chi connectivity index (χ4n) is 1.28. The maximum atomic E-state index is 11.0. The Morgan fingerprint density at radius 2 is 1.75 bits per heavy atom. The maximum absolute atomic E-state index is 11.0. The van der Waals surface area contributed by atoms with Gasteiger partial charge in [0.05, 0.1) is 6.61 Å². The van der Waals surface area contributed by atoms with E-state index in [0.29, 0.717) is 6.61 Å². The van der Waals surface area contributed by atoms with Gasteiger partial charge in [0.2, 0.25) is 0 Å². The second-order valence-corrected chi connectivity index (χ2v) is 3.71. The van der Waals surface area contributed by atoms with Crippen LogP contribution in [0.2, 0.25) is 0 Å². The molecule has 0 aliphatic carbocycles. The predicted molar refractivity (Wildman–Crippen MR) is 61.9 cm³/mol. The number of hydrogen-bond acceptors (Lipinski definition) is 3. The van der Waals surface area contributed by atoms with Crippen LogP contribution in [0.15, 0.2) is 0 Å². The van der Waals surface area contributed by atoms with Crippen LogP contribution < -0.4 is 11.1 Å². The number of rotatable bonds is 9. The molecule has 5 heteroatoms. The monoisotopic (exact) mass is 230 g/mol. The Bertz CT molecular complexity index is 207. The van der Waals surface area contributed by atoms with Gasteiger partial charge < -0.3 is 15.8 Å². The summed E-state index contributed by atoms with van der Waals surface area (Å²) in [5.41, 5.74) is 4.81. The number of carbonyl (C=O) groups is 2. The molecular weight excluding hydrogens is 208 g/mol. The molecule has 0 aliphatic heterocycles. The molecule has 0 fully saturated rings. The molecule has 0 atom stereocenters. The Morgan fingerprint density at radius 1 is 1.12 bits per heavy atom. The van der Waals surface area contributed by atoms with Crippen molar-refractivity contribution in [3.8, 4) is 0 Å². The van der Waals surface area contributed by atoms with Crippen molar-refractivity contribution < 1.29 is 14.3 Å². The van der Waals surface area contributed by atoms with Gasteiger partial charge in [-0.2, -0.15) is 0 Å². The molecule has 2 amide bonds. The second kappa shape index (κ2) is 10.3. The highest BCUT2D eigenvalue weighted by molar-refractivity contribution is 5.79. The molecule has 0 rings (SSSR count). The van der Waals surface area contributed by atoms with Crippen LogP contribution in [-0.2, 0) is 9.53 Å². The average Bonchev–Trinajstić information content (AvgIpc) is 2.25. The number of ether oxygens (including phenoxy) is 1. The van der Waals surface area contributed by atoms with Crippen molar-refractivity contribution in [2.24, 2.45) is 5.73 Å². The van der Waals surface area contributed by atoms with Gasteiger partial charge >= 0.3 is 12.0 Å². The lowest BCUT2D eigenvalue weighted by Gasteiger charge is -2.04. The number of esters is 1. The fraction of sp³-hybridized carbons (Fsp3) is 0.818. The first-order valence-electron chi connectivity index (χ1n) is 5.85. The van der Waals surface area contributed by atoms with Crippen molar-refractivity contribution in [3.05, 3.63) is 0 Å². The third kappa shape index (κ3) is 10.8. The third-order valence-electron chi connectivity index (χ3n) is 2.17. The SMILES string of the molecule is CCCCCCCCOC(=O)CNC(N)=O. The molecule has 0 saturated carbocycles. The van der Waals surface area contributed by atoms with Gasteiger partial charge in [0, 0.05) is 0 Å². The molecule has 0 spiro atoms. The Hall–Kier alpha value is -1.26. The van der Waals surface area contributed by atoms with E-state index >= 15 is 0 Å². The highest BCUT2D eigenvalue weighted by Crippen LogP contribution is 2.04. The molecule has 0 aliphatic rings. The second-order valence-electron chi connectivity index (χ2n) is 3.71. The van der Waals surface area contributed by atoms with Gasteiger partial charge in [-0.25, -0.2) is 4.79 Å². The molecule has 0 saturated heterocycles. The summed E-state index contributed by atoms with van der Waals surface area (Å²) in [7, 11) is 0. The van der Waals surface area contributed by atoms with E-state index in [2.05, 4.69) is 12.2 Å². The number of urea groups is 1. The lowest BCUT2D eigenvalue weighted by molar-refractivity contribution is -0.142. The fourth-order valence-corrected chi connectivity index (χ4v) is 1.28. The molecule has 3 N–H and O–H groups in total. The van der Waals surface area contributed by atoms with E-state index in [9.17, 15) is 9.59 Å². The molecule has 94 valence electrons. The summed E-state index contributed by atoms with van der Waals surface area (Å²) in [5.74, 6) is -0.438. The normalized spacial score (nSPS) is 9.81. The summed E-state index contributed by atoms with van der Waals surface area (Å²) >= 11 is 0. The highest BCUT2D eigenvalue weighted by atomic mass is 16.5. The molecule has 0 heterocycles. The van der Waals surface area contributed by atoms with E-state index in [1.807, 2.05) is 0 Å². The molecule has 0 aromatic heterocycles. The zero-order valence-electron chi connectivity index (χ0n) is 9.96. The lowest BCUT2D eigenvalue weighted by atomic mass is 10.1. The maximum Gasteiger partial charge on any atom is 0.325 e. The largest absolute Gasteiger partial charge is 0.464 e. The summed E-state index contributed by atoms with van der Waals surface area (Å²) in [4.78, 5) is 21.3. The van der Waals surface area contributed by atoms with Gasteiger partial charge in [0.15, 0.2) is 0 Å². The van der Waals surface area contributed by atoms with Crippen LogP contribution in [0.25, 0.3) is 0 Å². The first-order valence-corrected chi connectivity index (χ1v) is 5.85. The molecule has 0 unspecified atom stereocenters. The third-order valence-corrected chi connectivity index (χ3v) is 2.17. The van der Waals surface area contributed by atoms with Crippen molar-refractivity contribution in [2.45, 2.75) is 45.4 Å². The summed E-state index contributed by atoms with van der Waals surface area (Å²) in [6.07, 6.45) is 6.89. The molecular formula is C11H22N2O3. The van der Waals surface area contributed by atoms with Crippen molar-refractivity contribution in [1.82, 2.24) is 5.32 Å². The first-order chi connectivity index (χ1) is 7.66. The lowest BCUT2D eigenvalue weighted by Crippen LogP contribution is -2.34. The van der Waals surface area contributed by atoms with E-state index in [1.54, 1.807) is 0 Å². The van der Waals surface area contributed by atoms with Gasteiger partial charge in [-0.15, -0.1) is 0 Å². The molecule has 0 bridgehead atoms. The number of unbranched alkanes of at least 4 members (excludes halogenated alkanes) is 5. The van der Waals surface area contributed by atoms with Crippen LogP contribution >= 0.6 is 0 Å². The summed E-state index contributed by atoms with van der Waals surface area (Å²) < 4.78 is 4.89. The topological polar surface area (TPSA) is 81.4 Å². The van der Waals surface area contributed by atoms with Gasteiger partial charge in [0.1, 0.15) is 6.54 Å². The highest BCUT2D eigenvalue weighted by Gasteiger charge is 2.02. The predicted octanol–water partition coefficient (Wildman–Crippen LogP) is 1.56. The van der Waals surface area contributed by atoms with Crippen LogP contribution in [0.3, 0.4) is 0 Å². The first kappa shape index (κ1) is 14.7. The number of nitrogens with two attached hydrogens (primary N) is 1. The van der Waals surface area contributed by atoms with Crippen LogP contribution in [0.1, 0.15) is 45.4 Å². The van der Waals surface area contributed by atoms with Crippen LogP contribution in [-0.4, -0.2) is 25.2 Å². The molecule has 0 aromatic rings. The minimum atomic E-state index is -0.712. The number of carbonyl (C=O) groups excluding carboxylic acids is 2. The van der Waals surface area contributed by atoms with E-state index in [0.717, 1.165) is 12.8 Å². The van der Waals surface area contributed by atoms with Crippen LogP contribution in [0.5, 0.6) is 0 Å². The quantitative estimate of drug-likeness (QED) is 0.466. The standard InChI is InChI=1S/C11H22N2O3/c1-2-3-4-5-6-7-8-16-10(14)9-13-11(12)15/h2-9H2,1H3,(H3,12,13,15). The van der Waals surface area contributed by atoms with Crippen molar-refractivity contribution in [3.63, 3.8) is 0 Å². The number of primary amides is 1. The average molecular weight is 230 g/mol. The Morgan fingerprint density at radius 3 is 2.38 bits per heavy atom.